The molecule has 0 atom stereocenters. The number of hydrogen-bond donors (Lipinski definition) is 1. The van der Waals surface area contributed by atoms with Crippen molar-refractivity contribution in [2.45, 2.75) is 20.0 Å². The zero-order chi connectivity index (χ0) is 15.2. The second kappa shape index (κ2) is 7.09. The summed E-state index contributed by atoms with van der Waals surface area (Å²) >= 11 is 4.96. The molecule has 0 spiro atoms. The fourth-order valence-electron chi connectivity index (χ4n) is 1.97. The van der Waals surface area contributed by atoms with Crippen molar-refractivity contribution in [3.63, 3.8) is 0 Å². The van der Waals surface area contributed by atoms with Crippen LogP contribution >= 0.6 is 12.2 Å². The van der Waals surface area contributed by atoms with E-state index in [9.17, 15) is 0 Å². The highest BCUT2D eigenvalue weighted by molar-refractivity contribution is 7.80. The first-order chi connectivity index (χ1) is 10.1. The van der Waals surface area contributed by atoms with Gasteiger partial charge in [-0.3, -0.25) is 0 Å². The molecule has 0 radical (unpaired) electrons. The Hall–Kier alpha value is -2.07. The molecule has 0 aliphatic rings. The first kappa shape index (κ1) is 15.3. The van der Waals surface area contributed by atoms with E-state index >= 15 is 0 Å². The lowest BCUT2D eigenvalue weighted by molar-refractivity contribution is 0.284. The van der Waals surface area contributed by atoms with Gasteiger partial charge in [0.15, 0.2) is 11.5 Å². The third-order valence-electron chi connectivity index (χ3n) is 3.27. The molecule has 21 heavy (non-hydrogen) atoms. The maximum atomic E-state index is 5.81. The van der Waals surface area contributed by atoms with Gasteiger partial charge in [0.2, 0.25) is 0 Å². The minimum atomic E-state index is 0.343. The summed E-state index contributed by atoms with van der Waals surface area (Å²) in [6.07, 6.45) is 1.04. The highest BCUT2D eigenvalue weighted by Crippen LogP contribution is 2.28. The van der Waals surface area contributed by atoms with Crippen LogP contribution in [-0.4, -0.2) is 12.1 Å². The van der Waals surface area contributed by atoms with Crippen molar-refractivity contribution in [3.05, 3.63) is 59.2 Å². The van der Waals surface area contributed by atoms with E-state index in [0.29, 0.717) is 23.1 Å². The fourth-order valence-corrected chi connectivity index (χ4v) is 2.10. The summed E-state index contributed by atoms with van der Waals surface area (Å²) in [4.78, 5) is 0.343. The number of thiocarbonyl (C=S) groups is 1. The first-order valence-electron chi connectivity index (χ1n) is 6.82. The number of aryl methyl sites for hydroxylation is 1. The predicted molar refractivity (Wildman–Crippen MR) is 89.0 cm³/mol. The van der Waals surface area contributed by atoms with E-state index in [1.54, 1.807) is 13.2 Å². The zero-order valence-corrected chi connectivity index (χ0v) is 13.1. The van der Waals surface area contributed by atoms with E-state index < -0.39 is 0 Å². The van der Waals surface area contributed by atoms with Crippen LogP contribution in [0, 0.1) is 0 Å². The van der Waals surface area contributed by atoms with Crippen LogP contribution in [-0.2, 0) is 13.0 Å². The molecular formula is C17H19NO2S. The lowest BCUT2D eigenvalue weighted by Crippen LogP contribution is -2.09. The third-order valence-corrected chi connectivity index (χ3v) is 3.51. The lowest BCUT2D eigenvalue weighted by atomic mass is 10.1. The number of benzene rings is 2. The van der Waals surface area contributed by atoms with Gasteiger partial charge in [-0.25, -0.2) is 0 Å². The molecule has 0 saturated carbocycles. The summed E-state index contributed by atoms with van der Waals surface area (Å²) in [5.74, 6) is 1.31. The molecule has 0 aliphatic heterocycles. The summed E-state index contributed by atoms with van der Waals surface area (Å²) in [5, 5.41) is 0. The molecule has 0 bridgehead atoms. The molecule has 4 heteroatoms. The van der Waals surface area contributed by atoms with Crippen molar-refractivity contribution in [2.75, 3.05) is 7.11 Å². The molecule has 0 heterocycles. The quantitative estimate of drug-likeness (QED) is 0.830. The van der Waals surface area contributed by atoms with Crippen LogP contribution in [0.25, 0.3) is 0 Å². The largest absolute Gasteiger partial charge is 0.493 e. The van der Waals surface area contributed by atoms with Crippen LogP contribution in [0.5, 0.6) is 11.5 Å². The number of nitrogens with two attached hydrogens (primary N) is 1. The average Bonchev–Trinajstić information content (AvgIpc) is 2.53. The standard InChI is InChI=1S/C17H19NO2S/c1-3-12-4-6-13(7-5-12)11-20-15-9-8-14(17(18)21)10-16(15)19-2/h4-10H,3,11H2,1-2H3,(H2,18,21). The Balaban J connectivity index is 2.09. The Kier molecular flexibility index (Phi) is 5.17. The molecule has 2 aromatic rings. The summed E-state index contributed by atoms with van der Waals surface area (Å²) in [5.41, 5.74) is 8.82. The van der Waals surface area contributed by atoms with Gasteiger partial charge in [-0.15, -0.1) is 0 Å². The van der Waals surface area contributed by atoms with E-state index in [0.717, 1.165) is 17.5 Å². The Labute approximate surface area is 130 Å². The van der Waals surface area contributed by atoms with Gasteiger partial charge in [0, 0.05) is 5.56 Å². The SMILES string of the molecule is CCc1ccc(COc2ccc(C(N)=S)cc2OC)cc1. The fraction of sp³-hybridized carbons (Fsp3) is 0.235. The van der Waals surface area contributed by atoms with Gasteiger partial charge in [-0.2, -0.15) is 0 Å². The Morgan fingerprint density at radius 2 is 1.71 bits per heavy atom. The normalized spacial score (nSPS) is 10.2. The molecule has 110 valence electrons. The Bertz CT molecular complexity index is 623. The van der Waals surface area contributed by atoms with E-state index in [2.05, 4.69) is 31.2 Å². The number of rotatable bonds is 6. The monoisotopic (exact) mass is 301 g/mol. The molecule has 2 aromatic carbocycles. The van der Waals surface area contributed by atoms with Gasteiger partial charge in [0.05, 0.1) is 7.11 Å². The van der Waals surface area contributed by atoms with Crippen molar-refractivity contribution >= 4 is 17.2 Å². The predicted octanol–water partition coefficient (Wildman–Crippen LogP) is 3.47. The first-order valence-corrected chi connectivity index (χ1v) is 7.23. The average molecular weight is 301 g/mol. The highest BCUT2D eigenvalue weighted by atomic mass is 32.1. The third kappa shape index (κ3) is 3.95. The van der Waals surface area contributed by atoms with E-state index in [-0.39, 0.29) is 0 Å². The van der Waals surface area contributed by atoms with E-state index in [1.807, 2.05) is 12.1 Å². The van der Waals surface area contributed by atoms with Crippen molar-refractivity contribution in [1.29, 1.82) is 0 Å². The van der Waals surface area contributed by atoms with Crippen LogP contribution in [0.15, 0.2) is 42.5 Å². The van der Waals surface area contributed by atoms with Crippen molar-refractivity contribution in [3.8, 4) is 11.5 Å². The van der Waals surface area contributed by atoms with Crippen molar-refractivity contribution in [2.24, 2.45) is 5.73 Å². The molecule has 2 N–H and O–H groups in total. The Morgan fingerprint density at radius 1 is 1.05 bits per heavy atom. The maximum Gasteiger partial charge on any atom is 0.161 e. The van der Waals surface area contributed by atoms with E-state index in [4.69, 9.17) is 27.4 Å². The molecule has 0 saturated heterocycles. The van der Waals surface area contributed by atoms with Crippen molar-refractivity contribution in [1.82, 2.24) is 0 Å². The van der Waals surface area contributed by atoms with Crippen molar-refractivity contribution < 1.29 is 9.47 Å². The van der Waals surface area contributed by atoms with Crippen LogP contribution in [0.1, 0.15) is 23.6 Å². The van der Waals surface area contributed by atoms with Gasteiger partial charge in [0.25, 0.3) is 0 Å². The summed E-state index contributed by atoms with van der Waals surface area (Å²) < 4.78 is 11.1. The molecule has 0 unspecified atom stereocenters. The van der Waals surface area contributed by atoms with Gasteiger partial charge >= 0.3 is 0 Å². The molecule has 0 aliphatic carbocycles. The smallest absolute Gasteiger partial charge is 0.161 e. The zero-order valence-electron chi connectivity index (χ0n) is 12.3. The highest BCUT2D eigenvalue weighted by Gasteiger charge is 2.07. The minimum absolute atomic E-state index is 0.343. The van der Waals surface area contributed by atoms with Crippen LogP contribution in [0.2, 0.25) is 0 Å². The number of hydrogen-bond acceptors (Lipinski definition) is 3. The van der Waals surface area contributed by atoms with Crippen LogP contribution < -0.4 is 15.2 Å². The summed E-state index contributed by atoms with van der Waals surface area (Å²) in [6, 6.07) is 13.8. The second-order valence-corrected chi connectivity index (χ2v) is 5.13. The minimum Gasteiger partial charge on any atom is -0.493 e. The topological polar surface area (TPSA) is 44.5 Å². The molecular weight excluding hydrogens is 282 g/mol. The molecule has 2 rings (SSSR count). The second-order valence-electron chi connectivity index (χ2n) is 4.69. The van der Waals surface area contributed by atoms with Crippen LogP contribution in [0.4, 0.5) is 0 Å². The summed E-state index contributed by atoms with van der Waals surface area (Å²) in [7, 11) is 1.60. The maximum absolute atomic E-state index is 5.81. The van der Waals surface area contributed by atoms with Gasteiger partial charge in [-0.1, -0.05) is 43.4 Å². The molecule has 3 nitrogen and oxygen atoms in total. The summed E-state index contributed by atoms with van der Waals surface area (Å²) in [6.45, 7) is 2.63. The number of methoxy groups -OCH3 is 1. The molecule has 0 amide bonds. The van der Waals surface area contributed by atoms with Crippen LogP contribution in [0.3, 0.4) is 0 Å². The molecule has 0 fully saturated rings. The van der Waals surface area contributed by atoms with Gasteiger partial charge in [0.1, 0.15) is 11.6 Å². The number of ether oxygens (including phenoxy) is 2. The van der Waals surface area contributed by atoms with E-state index in [1.165, 1.54) is 5.56 Å². The lowest BCUT2D eigenvalue weighted by Gasteiger charge is -2.12. The molecule has 0 aromatic heterocycles. The Morgan fingerprint density at radius 3 is 2.29 bits per heavy atom. The van der Waals surface area contributed by atoms with Gasteiger partial charge < -0.3 is 15.2 Å². The van der Waals surface area contributed by atoms with Gasteiger partial charge in [-0.05, 0) is 35.7 Å².